The van der Waals surface area contributed by atoms with Crippen LogP contribution in [0.2, 0.25) is 0 Å². The molecule has 0 aliphatic heterocycles. The second-order valence-corrected chi connectivity index (χ2v) is 7.25. The van der Waals surface area contributed by atoms with Gasteiger partial charge in [0.15, 0.2) is 9.84 Å². The van der Waals surface area contributed by atoms with E-state index in [4.69, 9.17) is 5.73 Å². The molecule has 0 unspecified atom stereocenters. The second-order valence-electron chi connectivity index (χ2n) is 5.26. The van der Waals surface area contributed by atoms with Crippen LogP contribution in [0.15, 0.2) is 29.2 Å². The van der Waals surface area contributed by atoms with E-state index in [0.29, 0.717) is 0 Å². The molecule has 1 aromatic carbocycles. The molecule has 1 atom stereocenters. The highest BCUT2D eigenvalue weighted by atomic mass is 32.2. The van der Waals surface area contributed by atoms with Crippen LogP contribution in [0.3, 0.4) is 0 Å². The Bertz CT molecular complexity index is 695. The van der Waals surface area contributed by atoms with E-state index in [1.54, 1.807) is 12.1 Å². The maximum atomic E-state index is 12.0. The summed E-state index contributed by atoms with van der Waals surface area (Å²) >= 11 is 0. The Kier molecular flexibility index (Phi) is 6.59. The molecule has 0 aromatic heterocycles. The standard InChI is InChI=1S/C15H20N2O5S/c1-10-3-5-12(6-4-10)23(21,22)9-17-15(20)14(19)8-7-13(16)11(2)18/h3-6,13H,7-9,16H2,1-2H3,(H,17,20)/t13-/m0/s1. The first kappa shape index (κ1) is 19.0. The number of amides is 1. The number of Topliss-reactive ketones (excluding diaryl/α,β-unsaturated/α-hetero) is 2. The summed E-state index contributed by atoms with van der Waals surface area (Å²) in [6, 6.07) is 5.35. The summed E-state index contributed by atoms with van der Waals surface area (Å²) in [5.41, 5.74) is 6.37. The fourth-order valence-electron chi connectivity index (χ4n) is 1.69. The third-order valence-corrected chi connectivity index (χ3v) is 4.78. The van der Waals surface area contributed by atoms with Gasteiger partial charge in [-0.15, -0.1) is 0 Å². The summed E-state index contributed by atoms with van der Waals surface area (Å²) in [6.45, 7) is 3.12. The lowest BCUT2D eigenvalue weighted by Gasteiger charge is -2.08. The smallest absolute Gasteiger partial charge is 0.288 e. The summed E-state index contributed by atoms with van der Waals surface area (Å²) in [5.74, 6) is -2.75. The highest BCUT2D eigenvalue weighted by Crippen LogP contribution is 2.11. The number of benzene rings is 1. The highest BCUT2D eigenvalue weighted by Gasteiger charge is 2.20. The van der Waals surface area contributed by atoms with Gasteiger partial charge in [-0.25, -0.2) is 8.42 Å². The Morgan fingerprint density at radius 1 is 1.17 bits per heavy atom. The van der Waals surface area contributed by atoms with Gasteiger partial charge in [0.1, 0.15) is 11.7 Å². The number of carbonyl (C=O) groups is 3. The Hall–Kier alpha value is -2.06. The van der Waals surface area contributed by atoms with E-state index in [1.165, 1.54) is 19.1 Å². The molecular weight excluding hydrogens is 320 g/mol. The minimum atomic E-state index is -3.71. The van der Waals surface area contributed by atoms with Crippen LogP contribution in [-0.4, -0.2) is 37.8 Å². The molecule has 1 aromatic rings. The number of ketones is 2. The van der Waals surface area contributed by atoms with Crippen molar-refractivity contribution in [3.8, 4) is 0 Å². The second kappa shape index (κ2) is 7.98. The first-order valence-corrected chi connectivity index (χ1v) is 8.65. The van der Waals surface area contributed by atoms with E-state index in [1.807, 2.05) is 6.92 Å². The van der Waals surface area contributed by atoms with Gasteiger partial charge in [-0.05, 0) is 32.4 Å². The third-order valence-electron chi connectivity index (χ3n) is 3.26. The largest absolute Gasteiger partial charge is 0.335 e. The average Bonchev–Trinajstić information content (AvgIpc) is 2.50. The van der Waals surface area contributed by atoms with Crippen molar-refractivity contribution >= 4 is 27.3 Å². The zero-order chi connectivity index (χ0) is 17.6. The van der Waals surface area contributed by atoms with Crippen LogP contribution in [0.4, 0.5) is 0 Å². The molecular formula is C15H20N2O5S. The lowest BCUT2D eigenvalue weighted by atomic mass is 10.1. The fraction of sp³-hybridized carbons (Fsp3) is 0.400. The van der Waals surface area contributed by atoms with Crippen molar-refractivity contribution < 1.29 is 22.8 Å². The summed E-state index contributed by atoms with van der Waals surface area (Å²) in [6.07, 6.45) is -0.163. The molecule has 0 aliphatic carbocycles. The molecule has 3 N–H and O–H groups in total. The van der Waals surface area contributed by atoms with Gasteiger partial charge < -0.3 is 11.1 Å². The van der Waals surface area contributed by atoms with E-state index in [9.17, 15) is 22.8 Å². The topological polar surface area (TPSA) is 123 Å². The molecule has 0 bridgehead atoms. The highest BCUT2D eigenvalue weighted by molar-refractivity contribution is 7.91. The van der Waals surface area contributed by atoms with Gasteiger partial charge in [-0.3, -0.25) is 14.4 Å². The molecule has 1 amide bonds. The minimum Gasteiger partial charge on any atom is -0.335 e. The van der Waals surface area contributed by atoms with Crippen LogP contribution >= 0.6 is 0 Å². The maximum Gasteiger partial charge on any atom is 0.288 e. The predicted molar refractivity (Wildman–Crippen MR) is 84.3 cm³/mol. The molecule has 126 valence electrons. The average molecular weight is 340 g/mol. The fourth-order valence-corrected chi connectivity index (χ4v) is 2.73. The lowest BCUT2D eigenvalue weighted by Crippen LogP contribution is -2.36. The molecule has 0 saturated carbocycles. The number of hydrogen-bond donors (Lipinski definition) is 2. The molecule has 0 heterocycles. The van der Waals surface area contributed by atoms with Crippen molar-refractivity contribution in [1.82, 2.24) is 5.32 Å². The molecule has 7 nitrogen and oxygen atoms in total. The number of rotatable bonds is 8. The molecule has 8 heteroatoms. The number of carbonyl (C=O) groups excluding carboxylic acids is 3. The SMILES string of the molecule is CC(=O)[C@@H](N)CCC(=O)C(=O)NCS(=O)(=O)c1ccc(C)cc1. The van der Waals surface area contributed by atoms with Gasteiger partial charge in [0.05, 0.1) is 10.9 Å². The quantitative estimate of drug-likeness (QED) is 0.647. The zero-order valence-electron chi connectivity index (χ0n) is 13.0. The van der Waals surface area contributed by atoms with E-state index < -0.39 is 33.4 Å². The molecule has 0 radical (unpaired) electrons. The normalized spacial score (nSPS) is 12.5. The van der Waals surface area contributed by atoms with Gasteiger partial charge in [-0.1, -0.05) is 17.7 Å². The summed E-state index contributed by atoms with van der Waals surface area (Å²) < 4.78 is 24.1. The third kappa shape index (κ3) is 5.91. The van der Waals surface area contributed by atoms with Gasteiger partial charge >= 0.3 is 0 Å². The van der Waals surface area contributed by atoms with Crippen LogP contribution < -0.4 is 11.1 Å². The van der Waals surface area contributed by atoms with Gasteiger partial charge in [0.2, 0.25) is 5.78 Å². The van der Waals surface area contributed by atoms with E-state index >= 15 is 0 Å². The molecule has 0 spiro atoms. The molecule has 0 fully saturated rings. The number of nitrogens with one attached hydrogen (secondary N) is 1. The van der Waals surface area contributed by atoms with Crippen LogP contribution in [0.5, 0.6) is 0 Å². The number of nitrogens with two attached hydrogens (primary N) is 1. The van der Waals surface area contributed by atoms with Crippen molar-refractivity contribution in [1.29, 1.82) is 0 Å². The predicted octanol–water partition coefficient (Wildman–Crippen LogP) is 0.108. The summed E-state index contributed by atoms with van der Waals surface area (Å²) in [5, 5.41) is 2.09. The Labute approximate surface area is 135 Å². The zero-order valence-corrected chi connectivity index (χ0v) is 13.9. The van der Waals surface area contributed by atoms with Crippen LogP contribution in [0.25, 0.3) is 0 Å². The van der Waals surface area contributed by atoms with Crippen molar-refractivity contribution in [2.45, 2.75) is 37.6 Å². The van der Waals surface area contributed by atoms with Crippen molar-refractivity contribution in [3.05, 3.63) is 29.8 Å². The minimum absolute atomic E-state index is 0.0479. The Balaban J connectivity index is 2.56. The van der Waals surface area contributed by atoms with Crippen molar-refractivity contribution in [2.24, 2.45) is 5.73 Å². The van der Waals surface area contributed by atoms with Crippen LogP contribution in [-0.2, 0) is 24.2 Å². The van der Waals surface area contributed by atoms with Gasteiger partial charge in [0, 0.05) is 6.42 Å². The van der Waals surface area contributed by atoms with Crippen molar-refractivity contribution in [2.75, 3.05) is 5.88 Å². The number of hydrogen-bond acceptors (Lipinski definition) is 6. The Morgan fingerprint density at radius 2 is 1.74 bits per heavy atom. The van der Waals surface area contributed by atoms with E-state index in [-0.39, 0.29) is 23.5 Å². The number of aryl methyl sites for hydroxylation is 1. The molecule has 23 heavy (non-hydrogen) atoms. The van der Waals surface area contributed by atoms with Crippen LogP contribution in [0.1, 0.15) is 25.3 Å². The monoisotopic (exact) mass is 340 g/mol. The Morgan fingerprint density at radius 3 is 2.26 bits per heavy atom. The maximum absolute atomic E-state index is 12.0. The van der Waals surface area contributed by atoms with Crippen LogP contribution in [0, 0.1) is 6.92 Å². The lowest BCUT2D eigenvalue weighted by molar-refractivity contribution is -0.137. The molecule has 0 saturated heterocycles. The van der Waals surface area contributed by atoms with E-state index in [0.717, 1.165) is 5.56 Å². The first-order chi connectivity index (χ1) is 10.6. The van der Waals surface area contributed by atoms with Gasteiger partial charge in [0.25, 0.3) is 5.91 Å². The van der Waals surface area contributed by atoms with E-state index in [2.05, 4.69) is 5.32 Å². The first-order valence-electron chi connectivity index (χ1n) is 7.00. The summed E-state index contributed by atoms with van der Waals surface area (Å²) in [7, 11) is -3.71. The van der Waals surface area contributed by atoms with Gasteiger partial charge in [-0.2, -0.15) is 0 Å². The molecule has 0 aliphatic rings. The summed E-state index contributed by atoms with van der Waals surface area (Å²) in [4.78, 5) is 34.2. The van der Waals surface area contributed by atoms with Crippen molar-refractivity contribution in [3.63, 3.8) is 0 Å². The molecule has 1 rings (SSSR count). The number of sulfone groups is 1.